The molecule has 1 heterocycles. The largest absolute Gasteiger partial charge is 0.468 e. The molecule has 0 unspecified atom stereocenters. The van der Waals surface area contributed by atoms with Crippen molar-refractivity contribution in [1.82, 2.24) is 5.32 Å². The molecule has 178 valence electrons. The van der Waals surface area contributed by atoms with Crippen LogP contribution in [-0.4, -0.2) is 50.4 Å². The van der Waals surface area contributed by atoms with Gasteiger partial charge in [0, 0.05) is 28.1 Å². The summed E-state index contributed by atoms with van der Waals surface area (Å²) in [6, 6.07) is 11.2. The zero-order valence-electron chi connectivity index (χ0n) is 17.7. The van der Waals surface area contributed by atoms with Gasteiger partial charge in [0.2, 0.25) is 0 Å². The highest BCUT2D eigenvalue weighted by Gasteiger charge is 2.49. The van der Waals surface area contributed by atoms with Crippen molar-refractivity contribution in [3.05, 3.63) is 62.2 Å². The van der Waals surface area contributed by atoms with Crippen molar-refractivity contribution in [3.63, 3.8) is 0 Å². The van der Waals surface area contributed by atoms with E-state index in [1.54, 1.807) is 18.2 Å². The Morgan fingerprint density at radius 3 is 2.61 bits per heavy atom. The molecule has 1 aliphatic heterocycles. The Bertz CT molecular complexity index is 1130. The summed E-state index contributed by atoms with van der Waals surface area (Å²) in [6.45, 7) is 0.217. The van der Waals surface area contributed by atoms with E-state index in [-0.39, 0.29) is 23.5 Å². The van der Waals surface area contributed by atoms with Gasteiger partial charge in [-0.15, -0.1) is 11.6 Å². The van der Waals surface area contributed by atoms with Crippen LogP contribution in [0.1, 0.15) is 19.3 Å². The summed E-state index contributed by atoms with van der Waals surface area (Å²) < 4.78 is 34.7. The lowest BCUT2D eigenvalue weighted by molar-refractivity contribution is -0.384. The van der Waals surface area contributed by atoms with Crippen molar-refractivity contribution in [2.45, 2.75) is 35.7 Å². The van der Waals surface area contributed by atoms with E-state index in [0.29, 0.717) is 24.4 Å². The van der Waals surface area contributed by atoms with Crippen molar-refractivity contribution >= 4 is 61.6 Å². The minimum atomic E-state index is -4.11. The number of nitrogens with one attached hydrogen (secondary N) is 1. The van der Waals surface area contributed by atoms with Crippen molar-refractivity contribution < 1.29 is 22.9 Å². The third-order valence-corrected chi connectivity index (χ3v) is 8.41. The monoisotopic (exact) mass is 607 g/mol. The highest BCUT2D eigenvalue weighted by molar-refractivity contribution is 14.1. The van der Waals surface area contributed by atoms with E-state index in [1.165, 1.54) is 23.5 Å². The molecule has 3 rings (SSSR count). The van der Waals surface area contributed by atoms with Gasteiger partial charge < -0.3 is 4.74 Å². The van der Waals surface area contributed by atoms with Crippen molar-refractivity contribution in [1.29, 1.82) is 0 Å². The summed E-state index contributed by atoms with van der Waals surface area (Å²) in [4.78, 5) is 23.0. The lowest BCUT2D eigenvalue weighted by Gasteiger charge is -2.31. The Balaban J connectivity index is 2.06. The summed E-state index contributed by atoms with van der Waals surface area (Å²) in [7, 11) is -2.81. The summed E-state index contributed by atoms with van der Waals surface area (Å²) in [5.41, 5.74) is -0.826. The molecule has 0 saturated carbocycles. The number of carbonyl (C=O) groups is 1. The molecule has 0 aromatic heterocycles. The molecule has 1 saturated heterocycles. The molecule has 9 nitrogen and oxygen atoms in total. The van der Waals surface area contributed by atoms with Gasteiger partial charge in [-0.1, -0.05) is 6.07 Å². The topological polar surface area (TPSA) is 119 Å². The first-order chi connectivity index (χ1) is 15.6. The van der Waals surface area contributed by atoms with E-state index < -0.39 is 32.5 Å². The molecule has 1 aliphatic rings. The number of sulfonamides is 1. The number of esters is 1. The molecule has 33 heavy (non-hydrogen) atoms. The zero-order valence-corrected chi connectivity index (χ0v) is 21.5. The van der Waals surface area contributed by atoms with Gasteiger partial charge in [-0.25, -0.2) is 8.42 Å². The predicted octanol–water partition coefficient (Wildman–Crippen LogP) is 3.69. The maximum Gasteiger partial charge on any atom is 0.326 e. The molecule has 1 fully saturated rings. The number of benzene rings is 2. The molecule has 0 amide bonds. The quantitative estimate of drug-likeness (QED) is 0.152. The van der Waals surface area contributed by atoms with Crippen LogP contribution in [0.15, 0.2) is 53.4 Å². The molecule has 2 aromatic carbocycles. The van der Waals surface area contributed by atoms with Gasteiger partial charge in [-0.05, 0) is 72.2 Å². The minimum absolute atomic E-state index is 0.0803. The van der Waals surface area contributed by atoms with Gasteiger partial charge >= 0.3 is 5.97 Å². The molecule has 0 aliphatic carbocycles. The van der Waals surface area contributed by atoms with Crippen LogP contribution in [0, 0.1) is 13.7 Å². The second kappa shape index (κ2) is 10.5. The standard InChI is InChI=1S/C21H23ClIN3O6S/c1-32-20(27)21(10-3-11-22)13-18(14-24-21)25(17-5-2-4-15(23)12-17)33(30,31)19-8-6-16(7-9-19)26(28)29/h2,4-9,12,18,24H,3,10-11,13-14H2,1H3/t18-,21-/m0/s1. The number of carbonyl (C=O) groups excluding carboxylic acids is 1. The van der Waals surface area contributed by atoms with E-state index in [4.69, 9.17) is 16.3 Å². The number of nitro benzene ring substituents is 1. The van der Waals surface area contributed by atoms with Gasteiger partial charge in [0.15, 0.2) is 0 Å². The Labute approximate surface area is 210 Å². The second-order valence-electron chi connectivity index (χ2n) is 7.64. The van der Waals surface area contributed by atoms with Crippen LogP contribution in [0.25, 0.3) is 0 Å². The zero-order chi connectivity index (χ0) is 24.2. The lowest BCUT2D eigenvalue weighted by Crippen LogP contribution is -2.48. The number of anilines is 1. The highest BCUT2D eigenvalue weighted by Crippen LogP contribution is 2.36. The molecule has 12 heteroatoms. The number of hydrogen-bond donors (Lipinski definition) is 1. The average molecular weight is 608 g/mol. The second-order valence-corrected chi connectivity index (χ2v) is 11.1. The molecule has 0 spiro atoms. The van der Waals surface area contributed by atoms with Gasteiger partial charge in [0.25, 0.3) is 15.7 Å². The Morgan fingerprint density at radius 1 is 1.33 bits per heavy atom. The predicted molar refractivity (Wildman–Crippen MR) is 133 cm³/mol. The number of nitrogens with zero attached hydrogens (tertiary/aromatic N) is 2. The highest BCUT2D eigenvalue weighted by atomic mass is 127. The Morgan fingerprint density at radius 2 is 2.03 bits per heavy atom. The fourth-order valence-electron chi connectivity index (χ4n) is 4.05. The number of ether oxygens (including phenoxy) is 1. The number of hydrogen-bond acceptors (Lipinski definition) is 7. The molecular weight excluding hydrogens is 585 g/mol. The first kappa shape index (κ1) is 25.7. The van der Waals surface area contributed by atoms with Crippen LogP contribution in [0.5, 0.6) is 0 Å². The maximum atomic E-state index is 13.8. The summed E-state index contributed by atoms with van der Waals surface area (Å²) in [5.74, 6) is -0.113. The Kier molecular flexibility index (Phi) is 8.19. The number of non-ortho nitro benzene ring substituents is 1. The minimum Gasteiger partial charge on any atom is -0.468 e. The number of halogens is 2. The van der Waals surface area contributed by atoms with Crippen molar-refractivity contribution in [2.24, 2.45) is 0 Å². The first-order valence-corrected chi connectivity index (χ1v) is 13.1. The van der Waals surface area contributed by atoms with Crippen molar-refractivity contribution in [3.8, 4) is 0 Å². The molecular formula is C21H23ClIN3O6S. The van der Waals surface area contributed by atoms with Gasteiger partial charge in [-0.2, -0.15) is 0 Å². The van der Waals surface area contributed by atoms with E-state index in [0.717, 1.165) is 15.7 Å². The maximum absolute atomic E-state index is 13.8. The number of alkyl halides is 1. The van der Waals surface area contributed by atoms with E-state index in [2.05, 4.69) is 27.9 Å². The summed E-state index contributed by atoms with van der Waals surface area (Å²) >= 11 is 7.95. The third kappa shape index (κ3) is 5.42. The van der Waals surface area contributed by atoms with Crippen LogP contribution in [0.2, 0.25) is 0 Å². The number of methoxy groups -OCH3 is 1. The Hall–Kier alpha value is -1.96. The van der Waals surface area contributed by atoms with Crippen LogP contribution in [-0.2, 0) is 19.6 Å². The van der Waals surface area contributed by atoms with E-state index in [1.807, 2.05) is 6.07 Å². The first-order valence-electron chi connectivity index (χ1n) is 10.1. The SMILES string of the molecule is COC(=O)[C@]1(CCCCl)C[C@H](N(c2cccc(I)c2)S(=O)(=O)c2ccc([N+](=O)[O-])cc2)CN1. The van der Waals surface area contributed by atoms with Gasteiger partial charge in [-0.3, -0.25) is 24.5 Å². The molecule has 2 atom stereocenters. The summed E-state index contributed by atoms with van der Waals surface area (Å²) in [6.07, 6.45) is 1.14. The van der Waals surface area contributed by atoms with Crippen LogP contribution >= 0.6 is 34.2 Å². The molecule has 0 bridgehead atoms. The molecule has 2 aromatic rings. The lowest BCUT2D eigenvalue weighted by atomic mass is 9.90. The van der Waals surface area contributed by atoms with E-state index >= 15 is 0 Å². The third-order valence-electron chi connectivity index (χ3n) is 5.57. The number of rotatable bonds is 9. The van der Waals surface area contributed by atoms with E-state index in [9.17, 15) is 23.3 Å². The normalized spacial score (nSPS) is 20.4. The van der Waals surface area contributed by atoms with Crippen molar-refractivity contribution in [2.75, 3.05) is 23.8 Å². The number of nitro groups is 1. The van der Waals surface area contributed by atoms with Gasteiger partial charge in [0.1, 0.15) is 5.54 Å². The summed E-state index contributed by atoms with van der Waals surface area (Å²) in [5, 5.41) is 14.2. The fourth-order valence-corrected chi connectivity index (χ4v) is 6.35. The van der Waals surface area contributed by atoms with Crippen LogP contribution in [0.4, 0.5) is 11.4 Å². The smallest absolute Gasteiger partial charge is 0.326 e. The fraction of sp³-hybridized carbons (Fsp3) is 0.381. The van der Waals surface area contributed by atoms with Crippen LogP contribution in [0.3, 0.4) is 0 Å². The van der Waals surface area contributed by atoms with Gasteiger partial charge in [0.05, 0.1) is 28.7 Å². The molecule has 1 N–H and O–H groups in total. The molecule has 0 radical (unpaired) electrons. The van der Waals surface area contributed by atoms with Crippen LogP contribution < -0.4 is 9.62 Å². The average Bonchev–Trinajstić information content (AvgIpc) is 3.22.